The number of nitrogens with two attached hydrogens (primary N) is 1. The Morgan fingerprint density at radius 3 is 2.00 bits per heavy atom. The molecular formula is C27H29N3O2. The van der Waals surface area contributed by atoms with Crippen molar-refractivity contribution in [1.29, 1.82) is 0 Å². The zero-order chi connectivity index (χ0) is 22.9. The molecule has 0 saturated heterocycles. The molecule has 164 valence electrons. The Labute approximate surface area is 188 Å². The molecule has 0 bridgehead atoms. The van der Waals surface area contributed by atoms with Gasteiger partial charge in [0.1, 0.15) is 0 Å². The van der Waals surface area contributed by atoms with Gasteiger partial charge in [-0.1, -0.05) is 80.1 Å². The summed E-state index contributed by atoms with van der Waals surface area (Å²) in [6.07, 6.45) is 2.45. The van der Waals surface area contributed by atoms with Crippen molar-refractivity contribution in [1.82, 2.24) is 9.88 Å². The molecule has 0 atom stereocenters. The first-order chi connectivity index (χ1) is 15.6. The molecule has 0 aliphatic heterocycles. The van der Waals surface area contributed by atoms with Gasteiger partial charge >= 0.3 is 0 Å². The lowest BCUT2D eigenvalue weighted by molar-refractivity contribution is 0.1000. The van der Waals surface area contributed by atoms with E-state index >= 15 is 0 Å². The SMILES string of the molecule is CCCc1ccccc1.CNCc1c(C(N)=O)c2ccccc2c(=O)n1-c1ccccc1. The number of primary amides is 1. The second kappa shape index (κ2) is 11.1. The van der Waals surface area contributed by atoms with Crippen molar-refractivity contribution < 1.29 is 4.79 Å². The summed E-state index contributed by atoms with van der Waals surface area (Å²) in [6.45, 7) is 2.56. The Morgan fingerprint density at radius 2 is 1.44 bits per heavy atom. The van der Waals surface area contributed by atoms with Crippen LogP contribution in [0.4, 0.5) is 0 Å². The third-order valence-corrected chi connectivity index (χ3v) is 5.17. The van der Waals surface area contributed by atoms with Gasteiger partial charge in [0, 0.05) is 23.0 Å². The minimum absolute atomic E-state index is 0.165. The number of hydrogen-bond acceptors (Lipinski definition) is 3. The number of pyridine rings is 1. The predicted octanol–water partition coefficient (Wildman–Crippen LogP) is 4.45. The summed E-state index contributed by atoms with van der Waals surface area (Å²) in [5.74, 6) is -0.545. The number of para-hydroxylation sites is 1. The van der Waals surface area contributed by atoms with Crippen molar-refractivity contribution in [2.24, 2.45) is 5.73 Å². The number of rotatable bonds is 6. The first-order valence-electron chi connectivity index (χ1n) is 10.8. The van der Waals surface area contributed by atoms with Crippen LogP contribution in [0, 0.1) is 0 Å². The van der Waals surface area contributed by atoms with E-state index in [9.17, 15) is 9.59 Å². The van der Waals surface area contributed by atoms with Crippen LogP contribution in [0.15, 0.2) is 89.7 Å². The van der Waals surface area contributed by atoms with Crippen molar-refractivity contribution in [3.63, 3.8) is 0 Å². The van der Waals surface area contributed by atoms with Crippen molar-refractivity contribution in [2.75, 3.05) is 7.05 Å². The van der Waals surface area contributed by atoms with Crippen LogP contribution >= 0.6 is 0 Å². The first-order valence-corrected chi connectivity index (χ1v) is 10.8. The van der Waals surface area contributed by atoms with Crippen LogP contribution in [0.25, 0.3) is 16.5 Å². The first kappa shape index (κ1) is 23.0. The second-order valence-electron chi connectivity index (χ2n) is 7.47. The molecule has 4 aromatic rings. The van der Waals surface area contributed by atoms with E-state index in [0.717, 1.165) is 0 Å². The minimum Gasteiger partial charge on any atom is -0.366 e. The molecule has 0 aliphatic rings. The van der Waals surface area contributed by atoms with Crippen LogP contribution in [0.5, 0.6) is 0 Å². The van der Waals surface area contributed by atoms with E-state index in [-0.39, 0.29) is 5.56 Å². The largest absolute Gasteiger partial charge is 0.366 e. The summed E-state index contributed by atoms with van der Waals surface area (Å²) < 4.78 is 1.55. The van der Waals surface area contributed by atoms with Gasteiger partial charge in [0.15, 0.2) is 0 Å². The molecule has 0 radical (unpaired) electrons. The standard InChI is InChI=1S/C18H17N3O2.C9H12/c1-20-11-15-16(17(19)22)13-9-5-6-10-14(13)18(23)21(15)12-7-3-2-4-8-12;1-2-6-9-7-4-3-5-8-9/h2-10,20H,11H2,1H3,(H2,19,22);3-5,7-8H,2,6H2,1H3. The number of carbonyl (C=O) groups is 1. The fraction of sp³-hybridized carbons (Fsp3) is 0.185. The number of nitrogens with one attached hydrogen (secondary N) is 1. The highest BCUT2D eigenvalue weighted by Gasteiger charge is 2.20. The summed E-state index contributed by atoms with van der Waals surface area (Å²) in [5.41, 5.74) is 8.55. The van der Waals surface area contributed by atoms with E-state index < -0.39 is 5.91 Å². The summed E-state index contributed by atoms with van der Waals surface area (Å²) in [5, 5.41) is 4.08. The molecule has 4 rings (SSSR count). The third-order valence-electron chi connectivity index (χ3n) is 5.17. The van der Waals surface area contributed by atoms with E-state index in [0.29, 0.717) is 34.3 Å². The second-order valence-corrected chi connectivity index (χ2v) is 7.47. The molecule has 5 heteroatoms. The van der Waals surface area contributed by atoms with Crippen molar-refractivity contribution in [3.05, 3.63) is 112 Å². The van der Waals surface area contributed by atoms with E-state index in [1.165, 1.54) is 18.4 Å². The van der Waals surface area contributed by atoms with Crippen LogP contribution in [0.2, 0.25) is 0 Å². The Bertz CT molecular complexity index is 1230. The average Bonchev–Trinajstić information content (AvgIpc) is 2.81. The summed E-state index contributed by atoms with van der Waals surface area (Å²) in [6, 6.07) is 26.9. The van der Waals surface area contributed by atoms with Gasteiger partial charge in [-0.05, 0) is 37.2 Å². The number of hydrogen-bond donors (Lipinski definition) is 2. The molecule has 0 spiro atoms. The zero-order valence-electron chi connectivity index (χ0n) is 18.5. The molecule has 0 aliphatic carbocycles. The lowest BCUT2D eigenvalue weighted by atomic mass is 10.0. The van der Waals surface area contributed by atoms with E-state index in [4.69, 9.17) is 5.73 Å². The van der Waals surface area contributed by atoms with Gasteiger partial charge in [-0.25, -0.2) is 0 Å². The Balaban J connectivity index is 0.000000269. The van der Waals surface area contributed by atoms with E-state index in [1.54, 1.807) is 35.9 Å². The van der Waals surface area contributed by atoms with Gasteiger partial charge in [0.25, 0.3) is 11.5 Å². The molecular weight excluding hydrogens is 398 g/mol. The topological polar surface area (TPSA) is 77.1 Å². The maximum absolute atomic E-state index is 13.0. The zero-order valence-corrected chi connectivity index (χ0v) is 18.5. The number of nitrogens with zero attached hydrogens (tertiary/aromatic N) is 1. The molecule has 1 aromatic heterocycles. The van der Waals surface area contributed by atoms with Crippen LogP contribution in [0.1, 0.15) is 35.0 Å². The number of amides is 1. The number of benzene rings is 3. The van der Waals surface area contributed by atoms with Gasteiger partial charge in [0.05, 0.1) is 11.3 Å². The maximum atomic E-state index is 13.0. The Hall–Kier alpha value is -3.70. The predicted molar refractivity (Wildman–Crippen MR) is 131 cm³/mol. The van der Waals surface area contributed by atoms with Crippen molar-refractivity contribution in [2.45, 2.75) is 26.3 Å². The fourth-order valence-corrected chi connectivity index (χ4v) is 3.79. The average molecular weight is 428 g/mol. The Kier molecular flexibility index (Phi) is 7.95. The smallest absolute Gasteiger partial charge is 0.263 e. The normalized spacial score (nSPS) is 10.4. The highest BCUT2D eigenvalue weighted by atomic mass is 16.1. The van der Waals surface area contributed by atoms with E-state index in [2.05, 4.69) is 42.6 Å². The lowest BCUT2D eigenvalue weighted by Crippen LogP contribution is -2.30. The van der Waals surface area contributed by atoms with Crippen LogP contribution in [-0.4, -0.2) is 17.5 Å². The lowest BCUT2D eigenvalue weighted by Gasteiger charge is -2.18. The maximum Gasteiger partial charge on any atom is 0.263 e. The highest BCUT2D eigenvalue weighted by molar-refractivity contribution is 6.07. The number of aryl methyl sites for hydroxylation is 1. The van der Waals surface area contributed by atoms with Crippen LogP contribution in [0.3, 0.4) is 0 Å². The molecule has 0 saturated carbocycles. The fourth-order valence-electron chi connectivity index (χ4n) is 3.79. The number of carbonyl (C=O) groups excluding carboxylic acids is 1. The van der Waals surface area contributed by atoms with Gasteiger partial charge in [-0.2, -0.15) is 0 Å². The van der Waals surface area contributed by atoms with Gasteiger partial charge < -0.3 is 11.1 Å². The van der Waals surface area contributed by atoms with Gasteiger partial charge in [-0.15, -0.1) is 0 Å². The van der Waals surface area contributed by atoms with Crippen LogP contribution in [-0.2, 0) is 13.0 Å². The molecule has 1 amide bonds. The quantitative estimate of drug-likeness (QED) is 0.477. The third kappa shape index (κ3) is 5.13. The number of aromatic nitrogens is 1. The summed E-state index contributed by atoms with van der Waals surface area (Å²) in [7, 11) is 1.76. The number of fused-ring (bicyclic) bond motifs is 1. The molecule has 0 unspecified atom stereocenters. The molecule has 3 aromatic carbocycles. The molecule has 5 nitrogen and oxygen atoms in total. The van der Waals surface area contributed by atoms with Crippen molar-refractivity contribution in [3.8, 4) is 5.69 Å². The van der Waals surface area contributed by atoms with Crippen molar-refractivity contribution >= 4 is 16.7 Å². The minimum atomic E-state index is -0.545. The molecule has 3 N–H and O–H groups in total. The highest BCUT2D eigenvalue weighted by Crippen LogP contribution is 2.22. The van der Waals surface area contributed by atoms with Gasteiger partial charge in [0.2, 0.25) is 0 Å². The molecule has 0 fully saturated rings. The molecule has 1 heterocycles. The van der Waals surface area contributed by atoms with Gasteiger partial charge in [-0.3, -0.25) is 14.2 Å². The summed E-state index contributed by atoms with van der Waals surface area (Å²) >= 11 is 0. The molecule has 32 heavy (non-hydrogen) atoms. The Morgan fingerprint density at radius 1 is 0.875 bits per heavy atom. The summed E-state index contributed by atoms with van der Waals surface area (Å²) in [4.78, 5) is 25.1. The monoisotopic (exact) mass is 427 g/mol. The van der Waals surface area contributed by atoms with E-state index in [1.807, 2.05) is 30.3 Å². The van der Waals surface area contributed by atoms with Crippen LogP contribution < -0.4 is 16.6 Å².